The van der Waals surface area contributed by atoms with Crippen LogP contribution in [0.4, 0.5) is 0 Å². The zero-order chi connectivity index (χ0) is 13.1. The van der Waals surface area contributed by atoms with E-state index in [4.69, 9.17) is 0 Å². The van der Waals surface area contributed by atoms with Gasteiger partial charge in [0.2, 0.25) is 0 Å². The monoisotopic (exact) mass is 233 g/mol. The van der Waals surface area contributed by atoms with E-state index in [0.717, 1.165) is 6.54 Å². The maximum atomic E-state index is 10.9. The highest BCUT2D eigenvalue weighted by molar-refractivity contribution is 5.77. The maximum Gasteiger partial charge on any atom is 0.143 e. The minimum Gasteiger partial charge on any atom is -0.309 e. The minimum atomic E-state index is 0.0488. The summed E-state index contributed by atoms with van der Waals surface area (Å²) in [5.74, 6) is 0.182. The number of ketones is 1. The van der Waals surface area contributed by atoms with Gasteiger partial charge in [0.05, 0.1) is 6.54 Å². The van der Waals surface area contributed by atoms with Crippen molar-refractivity contribution in [2.24, 2.45) is 0 Å². The zero-order valence-electron chi connectivity index (χ0n) is 11.6. The van der Waals surface area contributed by atoms with Gasteiger partial charge in [0.25, 0.3) is 0 Å². The number of aryl methyl sites for hydroxylation is 2. The molecule has 0 spiro atoms. The molecule has 0 aromatic heterocycles. The van der Waals surface area contributed by atoms with Crippen LogP contribution in [0, 0.1) is 13.8 Å². The van der Waals surface area contributed by atoms with E-state index >= 15 is 0 Å². The van der Waals surface area contributed by atoms with Gasteiger partial charge in [-0.2, -0.15) is 0 Å². The van der Waals surface area contributed by atoms with E-state index in [0.29, 0.717) is 6.54 Å². The maximum absolute atomic E-state index is 10.9. The summed E-state index contributed by atoms with van der Waals surface area (Å²) in [7, 11) is 0. The van der Waals surface area contributed by atoms with E-state index in [2.05, 4.69) is 51.2 Å². The Balaban J connectivity index is 2.78. The Bertz CT molecular complexity index is 407. The van der Waals surface area contributed by atoms with Gasteiger partial charge in [-0.1, -0.05) is 37.6 Å². The molecule has 0 aliphatic carbocycles. The highest BCUT2D eigenvalue weighted by Gasteiger charge is 2.21. The van der Waals surface area contributed by atoms with Gasteiger partial charge in [0.1, 0.15) is 5.78 Å². The number of benzene rings is 1. The Morgan fingerprint density at radius 2 is 1.94 bits per heavy atom. The average Bonchev–Trinajstić information content (AvgIpc) is 2.15. The molecule has 1 aromatic carbocycles. The van der Waals surface area contributed by atoms with E-state index in [9.17, 15) is 4.79 Å². The van der Waals surface area contributed by atoms with Crippen LogP contribution in [-0.4, -0.2) is 18.9 Å². The number of hydrogen-bond acceptors (Lipinski definition) is 2. The van der Waals surface area contributed by atoms with Gasteiger partial charge in [0, 0.05) is 12.0 Å². The Hall–Kier alpha value is -1.15. The Labute approximate surface area is 104 Å². The standard InChI is InChI=1S/C15H23NO/c1-11-6-7-14(12(2)8-11)15(4,5)10-16-9-13(3)17/h6-8,16H,9-10H2,1-5H3. The van der Waals surface area contributed by atoms with Crippen molar-refractivity contribution in [2.45, 2.75) is 40.0 Å². The lowest BCUT2D eigenvalue weighted by atomic mass is 9.81. The van der Waals surface area contributed by atoms with Crippen LogP contribution in [0.3, 0.4) is 0 Å². The second-order valence-electron chi connectivity index (χ2n) is 5.51. The van der Waals surface area contributed by atoms with E-state index in [-0.39, 0.29) is 11.2 Å². The molecule has 1 rings (SSSR count). The largest absolute Gasteiger partial charge is 0.309 e. The van der Waals surface area contributed by atoms with Crippen molar-refractivity contribution in [1.29, 1.82) is 0 Å². The van der Waals surface area contributed by atoms with Crippen molar-refractivity contribution in [3.05, 3.63) is 34.9 Å². The Morgan fingerprint density at radius 3 is 2.47 bits per heavy atom. The normalized spacial score (nSPS) is 11.6. The first-order valence-electron chi connectivity index (χ1n) is 6.11. The molecule has 1 N–H and O–H groups in total. The molecule has 0 aliphatic rings. The average molecular weight is 233 g/mol. The van der Waals surface area contributed by atoms with Gasteiger partial charge in [-0.15, -0.1) is 0 Å². The molecule has 0 unspecified atom stereocenters. The van der Waals surface area contributed by atoms with Gasteiger partial charge in [-0.05, 0) is 31.9 Å². The van der Waals surface area contributed by atoms with Crippen molar-refractivity contribution < 1.29 is 4.79 Å². The van der Waals surface area contributed by atoms with Crippen molar-refractivity contribution in [3.8, 4) is 0 Å². The number of carbonyl (C=O) groups excluding carboxylic acids is 1. The predicted octanol–water partition coefficient (Wildman–Crippen LogP) is 2.76. The number of rotatable bonds is 5. The lowest BCUT2D eigenvalue weighted by Gasteiger charge is -2.27. The molecule has 0 atom stereocenters. The third kappa shape index (κ3) is 3.97. The summed E-state index contributed by atoms with van der Waals surface area (Å²) < 4.78 is 0. The quantitative estimate of drug-likeness (QED) is 0.847. The molecule has 0 saturated heterocycles. The summed E-state index contributed by atoms with van der Waals surface area (Å²) in [5.41, 5.74) is 4.00. The molecule has 1 aromatic rings. The van der Waals surface area contributed by atoms with Crippen LogP contribution in [0.5, 0.6) is 0 Å². The molecule has 0 saturated carbocycles. The van der Waals surface area contributed by atoms with Crippen LogP contribution < -0.4 is 5.32 Å². The first-order chi connectivity index (χ1) is 7.83. The second kappa shape index (κ2) is 5.46. The molecule has 0 fully saturated rings. The molecular weight excluding hydrogens is 210 g/mol. The number of Topliss-reactive ketones (excluding diaryl/α,β-unsaturated/α-hetero) is 1. The van der Waals surface area contributed by atoms with E-state index in [1.165, 1.54) is 16.7 Å². The zero-order valence-corrected chi connectivity index (χ0v) is 11.6. The number of hydrogen-bond donors (Lipinski definition) is 1. The van der Waals surface area contributed by atoms with Crippen LogP contribution >= 0.6 is 0 Å². The molecule has 0 radical (unpaired) electrons. The molecule has 0 heterocycles. The van der Waals surface area contributed by atoms with Crippen LogP contribution in [0.25, 0.3) is 0 Å². The van der Waals surface area contributed by atoms with Gasteiger partial charge >= 0.3 is 0 Å². The fraction of sp³-hybridized carbons (Fsp3) is 0.533. The topological polar surface area (TPSA) is 29.1 Å². The number of nitrogens with one attached hydrogen (secondary N) is 1. The second-order valence-corrected chi connectivity index (χ2v) is 5.51. The van der Waals surface area contributed by atoms with E-state index in [1.54, 1.807) is 6.92 Å². The third-order valence-corrected chi connectivity index (χ3v) is 3.05. The highest BCUT2D eigenvalue weighted by Crippen LogP contribution is 2.26. The predicted molar refractivity (Wildman–Crippen MR) is 72.5 cm³/mol. The molecule has 0 aliphatic heterocycles. The van der Waals surface area contributed by atoms with Crippen molar-refractivity contribution in [1.82, 2.24) is 5.32 Å². The SMILES string of the molecule is CC(=O)CNCC(C)(C)c1ccc(C)cc1C. The molecule has 0 bridgehead atoms. The lowest BCUT2D eigenvalue weighted by Crippen LogP contribution is -2.35. The van der Waals surface area contributed by atoms with Gasteiger partial charge in [-0.3, -0.25) is 4.79 Å². The summed E-state index contributed by atoms with van der Waals surface area (Å²) in [5, 5.41) is 3.22. The molecule has 94 valence electrons. The fourth-order valence-corrected chi connectivity index (χ4v) is 2.22. The summed E-state index contributed by atoms with van der Waals surface area (Å²) in [6, 6.07) is 6.55. The lowest BCUT2D eigenvalue weighted by molar-refractivity contribution is -0.116. The Morgan fingerprint density at radius 1 is 1.29 bits per heavy atom. The van der Waals surface area contributed by atoms with Crippen molar-refractivity contribution in [2.75, 3.05) is 13.1 Å². The summed E-state index contributed by atoms with van der Waals surface area (Å²) in [6.07, 6.45) is 0. The number of carbonyl (C=O) groups is 1. The van der Waals surface area contributed by atoms with Crippen molar-refractivity contribution >= 4 is 5.78 Å². The smallest absolute Gasteiger partial charge is 0.143 e. The van der Waals surface area contributed by atoms with Gasteiger partial charge in [-0.25, -0.2) is 0 Å². The molecule has 2 heteroatoms. The minimum absolute atomic E-state index is 0.0488. The summed E-state index contributed by atoms with van der Waals surface area (Å²) in [4.78, 5) is 10.9. The Kier molecular flexibility index (Phi) is 4.47. The molecule has 17 heavy (non-hydrogen) atoms. The van der Waals surface area contributed by atoms with Crippen LogP contribution in [0.1, 0.15) is 37.5 Å². The highest BCUT2D eigenvalue weighted by atomic mass is 16.1. The summed E-state index contributed by atoms with van der Waals surface area (Å²) >= 11 is 0. The fourth-order valence-electron chi connectivity index (χ4n) is 2.22. The van der Waals surface area contributed by atoms with Gasteiger partial charge < -0.3 is 5.32 Å². The van der Waals surface area contributed by atoms with Crippen molar-refractivity contribution in [3.63, 3.8) is 0 Å². The van der Waals surface area contributed by atoms with Crippen LogP contribution in [0.15, 0.2) is 18.2 Å². The third-order valence-electron chi connectivity index (χ3n) is 3.05. The van der Waals surface area contributed by atoms with E-state index in [1.807, 2.05) is 0 Å². The van der Waals surface area contributed by atoms with Crippen LogP contribution in [-0.2, 0) is 10.2 Å². The first kappa shape index (κ1) is 13.9. The van der Waals surface area contributed by atoms with E-state index < -0.39 is 0 Å². The molecule has 0 amide bonds. The molecular formula is C15H23NO. The van der Waals surface area contributed by atoms with Gasteiger partial charge in [0.15, 0.2) is 0 Å². The first-order valence-corrected chi connectivity index (χ1v) is 6.11. The van der Waals surface area contributed by atoms with Crippen LogP contribution in [0.2, 0.25) is 0 Å². The summed E-state index contributed by atoms with van der Waals surface area (Å²) in [6.45, 7) is 11.5. The molecule has 2 nitrogen and oxygen atoms in total.